The number of hydrogen-bond acceptors (Lipinski definition) is 5. The van der Waals surface area contributed by atoms with Crippen LogP contribution < -0.4 is 15.8 Å². The van der Waals surface area contributed by atoms with Crippen LogP contribution in [0.15, 0.2) is 82.7 Å². The molecule has 0 aliphatic rings. The third-order valence-electron chi connectivity index (χ3n) is 5.45. The summed E-state index contributed by atoms with van der Waals surface area (Å²) < 4.78 is 15.8. The first kappa shape index (κ1) is 23.5. The van der Waals surface area contributed by atoms with Gasteiger partial charge in [0.25, 0.3) is 5.56 Å². The van der Waals surface area contributed by atoms with Gasteiger partial charge >= 0.3 is 0 Å². The van der Waals surface area contributed by atoms with E-state index in [1.54, 1.807) is 36.4 Å². The second-order valence-electron chi connectivity index (χ2n) is 7.56. The summed E-state index contributed by atoms with van der Waals surface area (Å²) in [6.07, 6.45) is 0. The Bertz CT molecular complexity index is 1370. The largest absolute Gasteiger partial charge is 0.372 e. The van der Waals surface area contributed by atoms with Crippen LogP contribution in [0, 0.1) is 5.82 Å². The van der Waals surface area contributed by atoms with Crippen molar-refractivity contribution < 1.29 is 9.18 Å². The fourth-order valence-corrected chi connectivity index (χ4v) is 4.53. The fraction of sp³-hybridized carbons (Fsp3) is 0.192. The Kier molecular flexibility index (Phi) is 7.27. The topological polar surface area (TPSA) is 67.2 Å². The van der Waals surface area contributed by atoms with Gasteiger partial charge in [-0.25, -0.2) is 9.37 Å². The molecule has 0 bridgehead atoms. The van der Waals surface area contributed by atoms with Crippen molar-refractivity contribution in [1.82, 2.24) is 9.55 Å². The number of carbonyl (C=O) groups is 1. The van der Waals surface area contributed by atoms with Gasteiger partial charge in [0.15, 0.2) is 5.16 Å². The molecule has 4 rings (SSSR count). The number of para-hydroxylation sites is 2. The molecule has 174 valence electrons. The van der Waals surface area contributed by atoms with E-state index in [4.69, 9.17) is 0 Å². The van der Waals surface area contributed by atoms with Crippen LogP contribution in [0.5, 0.6) is 0 Å². The van der Waals surface area contributed by atoms with E-state index in [1.165, 1.54) is 16.7 Å². The van der Waals surface area contributed by atoms with Gasteiger partial charge in [0.05, 0.1) is 22.3 Å². The van der Waals surface area contributed by atoms with Gasteiger partial charge in [-0.05, 0) is 62.4 Å². The molecule has 34 heavy (non-hydrogen) atoms. The number of thioether (sulfide) groups is 1. The third kappa shape index (κ3) is 4.97. The van der Waals surface area contributed by atoms with Crippen molar-refractivity contribution in [3.63, 3.8) is 0 Å². The molecule has 0 aliphatic carbocycles. The van der Waals surface area contributed by atoms with Crippen molar-refractivity contribution in [3.05, 3.63) is 89.0 Å². The van der Waals surface area contributed by atoms with Crippen molar-refractivity contribution in [3.8, 4) is 5.69 Å². The summed E-state index contributed by atoms with van der Waals surface area (Å²) in [5.74, 6) is -0.777. The molecule has 1 heterocycles. The molecule has 0 radical (unpaired) electrons. The highest BCUT2D eigenvalue weighted by atomic mass is 32.2. The van der Waals surface area contributed by atoms with Gasteiger partial charge in [-0.3, -0.25) is 14.2 Å². The van der Waals surface area contributed by atoms with Gasteiger partial charge in [0.1, 0.15) is 5.82 Å². The van der Waals surface area contributed by atoms with E-state index in [9.17, 15) is 14.0 Å². The highest BCUT2D eigenvalue weighted by Gasteiger charge is 2.17. The molecule has 0 saturated carbocycles. The summed E-state index contributed by atoms with van der Waals surface area (Å²) in [4.78, 5) is 32.6. The number of halogens is 1. The molecular formula is C26H25FN4O2S. The van der Waals surface area contributed by atoms with Gasteiger partial charge in [-0.15, -0.1) is 0 Å². The average Bonchev–Trinajstić information content (AvgIpc) is 2.85. The van der Waals surface area contributed by atoms with Crippen LogP contribution in [0.25, 0.3) is 16.6 Å². The molecule has 0 aliphatic heterocycles. The zero-order valence-electron chi connectivity index (χ0n) is 19.0. The van der Waals surface area contributed by atoms with E-state index in [0.717, 1.165) is 30.5 Å². The second-order valence-corrected chi connectivity index (χ2v) is 8.50. The number of rotatable bonds is 8. The Hall–Kier alpha value is -3.65. The number of aromatic nitrogens is 2. The normalized spacial score (nSPS) is 10.9. The van der Waals surface area contributed by atoms with Gasteiger partial charge in [0, 0.05) is 24.5 Å². The molecule has 8 heteroatoms. The van der Waals surface area contributed by atoms with Gasteiger partial charge < -0.3 is 10.2 Å². The van der Waals surface area contributed by atoms with Gasteiger partial charge in [-0.2, -0.15) is 0 Å². The molecule has 0 spiro atoms. The van der Waals surface area contributed by atoms with Crippen LogP contribution in [-0.2, 0) is 4.79 Å². The van der Waals surface area contributed by atoms with Crippen molar-refractivity contribution in [2.45, 2.75) is 19.0 Å². The standard InChI is InChI=1S/C26H25FN4O2S/c1-3-30(4-2)19-15-13-18(14-16-19)28-24(32)17-34-26-29-22-11-7-5-9-20(22)25(33)31(26)23-12-8-6-10-21(23)27/h5-16H,3-4,17H2,1-2H3,(H,28,32). The maximum Gasteiger partial charge on any atom is 0.266 e. The molecule has 0 saturated heterocycles. The first-order valence-electron chi connectivity index (χ1n) is 11.1. The summed E-state index contributed by atoms with van der Waals surface area (Å²) in [5.41, 5.74) is 1.98. The van der Waals surface area contributed by atoms with Crippen molar-refractivity contribution in [2.75, 3.05) is 29.1 Å². The van der Waals surface area contributed by atoms with E-state index in [-0.39, 0.29) is 28.1 Å². The minimum Gasteiger partial charge on any atom is -0.372 e. The predicted octanol–water partition coefficient (Wildman–Crippen LogP) is 5.10. The lowest BCUT2D eigenvalue weighted by Gasteiger charge is -2.21. The summed E-state index contributed by atoms with van der Waals surface area (Å²) in [7, 11) is 0. The fourth-order valence-electron chi connectivity index (χ4n) is 3.73. The van der Waals surface area contributed by atoms with E-state index >= 15 is 0 Å². The average molecular weight is 477 g/mol. The highest BCUT2D eigenvalue weighted by Crippen LogP contribution is 2.23. The minimum absolute atomic E-state index is 0.0109. The Balaban J connectivity index is 1.57. The summed E-state index contributed by atoms with van der Waals surface area (Å²) >= 11 is 1.09. The van der Waals surface area contributed by atoms with E-state index in [0.29, 0.717) is 16.6 Å². The Morgan fingerprint density at radius 3 is 2.38 bits per heavy atom. The Morgan fingerprint density at radius 1 is 1.00 bits per heavy atom. The number of nitrogens with one attached hydrogen (secondary N) is 1. The van der Waals surface area contributed by atoms with Crippen LogP contribution in [0.2, 0.25) is 0 Å². The maximum atomic E-state index is 14.6. The van der Waals surface area contributed by atoms with Crippen LogP contribution in [-0.4, -0.2) is 34.3 Å². The number of benzene rings is 3. The Morgan fingerprint density at radius 2 is 1.68 bits per heavy atom. The van der Waals surface area contributed by atoms with Crippen molar-refractivity contribution in [1.29, 1.82) is 0 Å². The molecule has 1 amide bonds. The molecule has 6 nitrogen and oxygen atoms in total. The predicted molar refractivity (Wildman–Crippen MR) is 137 cm³/mol. The summed E-state index contributed by atoms with van der Waals surface area (Å²) in [6.45, 7) is 6.00. The third-order valence-corrected chi connectivity index (χ3v) is 6.39. The monoisotopic (exact) mass is 476 g/mol. The zero-order valence-corrected chi connectivity index (χ0v) is 19.8. The molecule has 0 atom stereocenters. The number of amides is 1. The zero-order chi connectivity index (χ0) is 24.1. The number of fused-ring (bicyclic) bond motifs is 1. The van der Waals surface area contributed by atoms with Crippen LogP contribution >= 0.6 is 11.8 Å². The SMILES string of the molecule is CCN(CC)c1ccc(NC(=O)CSc2nc3ccccc3c(=O)n2-c2ccccc2F)cc1. The molecule has 4 aromatic rings. The van der Waals surface area contributed by atoms with Gasteiger partial charge in [-0.1, -0.05) is 36.0 Å². The van der Waals surface area contributed by atoms with Gasteiger partial charge in [0.2, 0.25) is 5.91 Å². The first-order chi connectivity index (χ1) is 16.5. The minimum atomic E-state index is -0.540. The number of hydrogen-bond donors (Lipinski definition) is 1. The lowest BCUT2D eigenvalue weighted by molar-refractivity contribution is -0.113. The van der Waals surface area contributed by atoms with Crippen LogP contribution in [0.1, 0.15) is 13.8 Å². The second kappa shape index (κ2) is 10.5. The number of nitrogens with zero attached hydrogens (tertiary/aromatic N) is 3. The molecule has 1 aromatic heterocycles. The van der Waals surface area contributed by atoms with Crippen molar-refractivity contribution in [2.24, 2.45) is 0 Å². The van der Waals surface area contributed by atoms with E-state index < -0.39 is 5.82 Å². The summed E-state index contributed by atoms with van der Waals surface area (Å²) in [5, 5.41) is 3.50. The first-order valence-corrected chi connectivity index (χ1v) is 12.0. The van der Waals surface area contributed by atoms with E-state index in [2.05, 4.69) is 29.0 Å². The van der Waals surface area contributed by atoms with Crippen LogP contribution in [0.3, 0.4) is 0 Å². The highest BCUT2D eigenvalue weighted by molar-refractivity contribution is 7.99. The number of carbonyl (C=O) groups excluding carboxylic acids is 1. The smallest absolute Gasteiger partial charge is 0.266 e. The quantitative estimate of drug-likeness (QED) is 0.283. The lowest BCUT2D eigenvalue weighted by atomic mass is 10.2. The molecule has 1 N–H and O–H groups in total. The van der Waals surface area contributed by atoms with E-state index in [1.807, 2.05) is 24.3 Å². The molecule has 0 unspecified atom stereocenters. The number of anilines is 2. The lowest BCUT2D eigenvalue weighted by Crippen LogP contribution is -2.23. The molecule has 3 aromatic carbocycles. The summed E-state index contributed by atoms with van der Waals surface area (Å²) in [6, 6.07) is 20.6. The molecule has 0 fully saturated rings. The van der Waals surface area contributed by atoms with Crippen LogP contribution in [0.4, 0.5) is 15.8 Å². The van der Waals surface area contributed by atoms with Crippen molar-refractivity contribution >= 4 is 39.9 Å². The Labute approximate surface area is 201 Å². The molecular weight excluding hydrogens is 451 g/mol. The maximum absolute atomic E-state index is 14.6.